The largest absolute Gasteiger partial charge is 0.504 e. The number of Topliss-reactive ketones (excluding diaryl/α,β-unsaturated/α-hetero) is 1. The van der Waals surface area contributed by atoms with Crippen molar-refractivity contribution in [1.29, 1.82) is 0 Å². The first kappa shape index (κ1) is 18.7. The Hall–Kier alpha value is -3.09. The molecule has 0 saturated heterocycles. The fraction of sp³-hybridized carbons (Fsp3) is 0.350. The van der Waals surface area contributed by atoms with Crippen LogP contribution < -0.4 is 23.8 Å². The van der Waals surface area contributed by atoms with Gasteiger partial charge in [0.25, 0.3) is 0 Å². The van der Waals surface area contributed by atoms with Crippen molar-refractivity contribution >= 4 is 11.5 Å². The van der Waals surface area contributed by atoms with E-state index < -0.39 is 0 Å². The predicted octanol–water partition coefficient (Wildman–Crippen LogP) is 3.02. The lowest BCUT2D eigenvalue weighted by atomic mass is 9.97. The van der Waals surface area contributed by atoms with E-state index in [-0.39, 0.29) is 11.5 Å². The zero-order valence-corrected chi connectivity index (χ0v) is 15.9. The highest BCUT2D eigenvalue weighted by molar-refractivity contribution is 6.07. The van der Waals surface area contributed by atoms with Crippen LogP contribution in [0.3, 0.4) is 0 Å². The van der Waals surface area contributed by atoms with Crippen molar-refractivity contribution in [2.45, 2.75) is 13.0 Å². The number of anilines is 1. The number of hydrogen-bond acceptors (Lipinski definition) is 7. The minimum Gasteiger partial charge on any atom is -0.504 e. The first-order valence-electron chi connectivity index (χ1n) is 8.51. The molecule has 0 atom stereocenters. The van der Waals surface area contributed by atoms with Crippen LogP contribution in [0.5, 0.6) is 28.7 Å². The molecule has 1 aliphatic heterocycles. The number of aromatic hydroxyl groups is 1. The number of phenols is 1. The smallest absolute Gasteiger partial charge is 0.204 e. The normalized spacial score (nSPS) is 13.2. The molecule has 0 amide bonds. The van der Waals surface area contributed by atoms with E-state index in [1.165, 1.54) is 21.3 Å². The number of nitrogens with zero attached hydrogens (tertiary/aromatic N) is 1. The SMILES string of the molecule is COc1ccc(CN2CCC(=O)c3c2cc(OC)c(OC)c3OC)cc1O. The molecule has 2 aromatic rings. The lowest BCUT2D eigenvalue weighted by Gasteiger charge is -2.32. The number of benzene rings is 2. The third-order valence-corrected chi connectivity index (χ3v) is 4.65. The fourth-order valence-electron chi connectivity index (χ4n) is 3.36. The molecule has 1 heterocycles. The van der Waals surface area contributed by atoms with Crippen LogP contribution in [0.2, 0.25) is 0 Å². The van der Waals surface area contributed by atoms with Gasteiger partial charge in [-0.25, -0.2) is 0 Å². The highest BCUT2D eigenvalue weighted by Crippen LogP contribution is 2.47. The molecule has 3 rings (SSSR count). The van der Waals surface area contributed by atoms with Crippen molar-refractivity contribution in [3.05, 3.63) is 35.4 Å². The molecule has 27 heavy (non-hydrogen) atoms. The van der Waals surface area contributed by atoms with Gasteiger partial charge in [0.15, 0.2) is 28.8 Å². The van der Waals surface area contributed by atoms with Crippen LogP contribution in [0.4, 0.5) is 5.69 Å². The Morgan fingerprint density at radius 2 is 1.67 bits per heavy atom. The molecule has 7 heteroatoms. The number of methoxy groups -OCH3 is 4. The van der Waals surface area contributed by atoms with E-state index in [4.69, 9.17) is 18.9 Å². The molecule has 0 spiro atoms. The molecule has 2 aromatic carbocycles. The summed E-state index contributed by atoms with van der Waals surface area (Å²) in [7, 11) is 6.07. The van der Waals surface area contributed by atoms with Gasteiger partial charge in [0.2, 0.25) is 5.75 Å². The van der Waals surface area contributed by atoms with Gasteiger partial charge >= 0.3 is 0 Å². The molecule has 0 aromatic heterocycles. The fourth-order valence-corrected chi connectivity index (χ4v) is 3.36. The van der Waals surface area contributed by atoms with Crippen molar-refractivity contribution < 1.29 is 28.8 Å². The summed E-state index contributed by atoms with van der Waals surface area (Å²) in [6.07, 6.45) is 0.362. The van der Waals surface area contributed by atoms with E-state index in [9.17, 15) is 9.90 Å². The summed E-state index contributed by atoms with van der Waals surface area (Å²) in [5.41, 5.74) is 2.09. The molecule has 7 nitrogen and oxygen atoms in total. The van der Waals surface area contributed by atoms with Gasteiger partial charge in [0.1, 0.15) is 0 Å². The zero-order valence-electron chi connectivity index (χ0n) is 15.9. The monoisotopic (exact) mass is 373 g/mol. The maximum Gasteiger partial charge on any atom is 0.204 e. The van der Waals surface area contributed by atoms with Gasteiger partial charge in [0.05, 0.1) is 39.7 Å². The van der Waals surface area contributed by atoms with Gasteiger partial charge in [-0.3, -0.25) is 4.79 Å². The molecular weight excluding hydrogens is 350 g/mol. The van der Waals surface area contributed by atoms with Gasteiger partial charge in [-0.1, -0.05) is 6.07 Å². The second-order valence-corrected chi connectivity index (χ2v) is 6.14. The molecule has 1 N–H and O–H groups in total. The zero-order chi connectivity index (χ0) is 19.6. The van der Waals surface area contributed by atoms with E-state index in [1.807, 2.05) is 6.07 Å². The Labute approximate surface area is 158 Å². The average Bonchev–Trinajstić information content (AvgIpc) is 2.68. The van der Waals surface area contributed by atoms with Crippen molar-refractivity contribution in [3.63, 3.8) is 0 Å². The number of fused-ring (bicyclic) bond motifs is 1. The standard InChI is InChI=1S/C20H23NO6/c1-24-16-6-5-12(9-15(16)23)11-21-8-7-14(22)18-13(21)10-17(25-2)19(26-3)20(18)27-4/h5-6,9-10,23H,7-8,11H2,1-4H3. The van der Waals surface area contributed by atoms with E-state index >= 15 is 0 Å². The second-order valence-electron chi connectivity index (χ2n) is 6.14. The Balaban J connectivity index is 2.05. The minimum absolute atomic E-state index is 0.00312. The molecule has 0 fully saturated rings. The van der Waals surface area contributed by atoms with Crippen molar-refractivity contribution in [1.82, 2.24) is 0 Å². The van der Waals surface area contributed by atoms with Crippen LogP contribution in [0.15, 0.2) is 24.3 Å². The number of ether oxygens (including phenoxy) is 4. The van der Waals surface area contributed by atoms with Crippen LogP contribution in [0.1, 0.15) is 22.3 Å². The van der Waals surface area contributed by atoms with Crippen molar-refractivity contribution in [2.75, 3.05) is 39.9 Å². The topological polar surface area (TPSA) is 77.5 Å². The van der Waals surface area contributed by atoms with E-state index in [1.54, 1.807) is 25.3 Å². The van der Waals surface area contributed by atoms with Gasteiger partial charge in [-0.15, -0.1) is 0 Å². The number of hydrogen-bond donors (Lipinski definition) is 1. The van der Waals surface area contributed by atoms with Crippen LogP contribution in [-0.4, -0.2) is 45.9 Å². The van der Waals surface area contributed by atoms with Crippen LogP contribution in [0.25, 0.3) is 0 Å². The summed E-state index contributed by atoms with van der Waals surface area (Å²) in [6, 6.07) is 7.05. The first-order chi connectivity index (χ1) is 13.0. The Kier molecular flexibility index (Phi) is 5.30. The highest BCUT2D eigenvalue weighted by Gasteiger charge is 2.31. The van der Waals surface area contributed by atoms with E-state index in [0.29, 0.717) is 48.1 Å². The predicted molar refractivity (Wildman–Crippen MR) is 101 cm³/mol. The van der Waals surface area contributed by atoms with Gasteiger partial charge < -0.3 is 29.0 Å². The van der Waals surface area contributed by atoms with E-state index in [0.717, 1.165) is 11.3 Å². The summed E-state index contributed by atoms with van der Waals surface area (Å²) in [6.45, 7) is 1.06. The van der Waals surface area contributed by atoms with Gasteiger partial charge in [-0.05, 0) is 17.7 Å². The molecule has 0 aliphatic carbocycles. The van der Waals surface area contributed by atoms with Crippen LogP contribution in [-0.2, 0) is 6.54 Å². The summed E-state index contributed by atoms with van der Waals surface area (Å²) in [5.74, 6) is 1.76. The molecule has 0 saturated carbocycles. The molecule has 0 radical (unpaired) electrons. The summed E-state index contributed by atoms with van der Waals surface area (Å²) in [4.78, 5) is 14.7. The maximum atomic E-state index is 12.6. The number of phenolic OH excluding ortho intramolecular Hbond substituents is 1. The molecular formula is C20H23NO6. The van der Waals surface area contributed by atoms with Gasteiger partial charge in [-0.2, -0.15) is 0 Å². The van der Waals surface area contributed by atoms with Crippen LogP contribution in [0, 0.1) is 0 Å². The third-order valence-electron chi connectivity index (χ3n) is 4.65. The summed E-state index contributed by atoms with van der Waals surface area (Å²) < 4.78 is 21.4. The van der Waals surface area contributed by atoms with E-state index in [2.05, 4.69) is 4.90 Å². The molecule has 0 bridgehead atoms. The molecule has 1 aliphatic rings. The van der Waals surface area contributed by atoms with Gasteiger partial charge in [0, 0.05) is 25.6 Å². The maximum absolute atomic E-state index is 12.6. The van der Waals surface area contributed by atoms with Crippen molar-refractivity contribution in [2.24, 2.45) is 0 Å². The summed E-state index contributed by atoms with van der Waals surface area (Å²) >= 11 is 0. The number of rotatable bonds is 6. The Bertz CT molecular complexity index is 864. The third kappa shape index (κ3) is 3.32. The number of carbonyl (C=O) groups excluding carboxylic acids is 1. The Morgan fingerprint density at radius 1 is 0.963 bits per heavy atom. The summed E-state index contributed by atoms with van der Waals surface area (Å²) in [5, 5.41) is 10.0. The first-order valence-corrected chi connectivity index (χ1v) is 8.51. The molecule has 144 valence electrons. The number of ketones is 1. The quantitative estimate of drug-likeness (QED) is 0.834. The van der Waals surface area contributed by atoms with Crippen LogP contribution >= 0.6 is 0 Å². The average molecular weight is 373 g/mol. The number of carbonyl (C=O) groups is 1. The highest BCUT2D eigenvalue weighted by atomic mass is 16.5. The lowest BCUT2D eigenvalue weighted by Crippen LogP contribution is -2.32. The minimum atomic E-state index is -0.00312. The molecule has 0 unspecified atom stereocenters. The Morgan fingerprint density at radius 3 is 2.26 bits per heavy atom. The lowest BCUT2D eigenvalue weighted by molar-refractivity contribution is 0.0975. The van der Waals surface area contributed by atoms with Crippen molar-refractivity contribution in [3.8, 4) is 28.7 Å². The second kappa shape index (κ2) is 7.65.